The van der Waals surface area contributed by atoms with E-state index in [1.807, 2.05) is 6.92 Å². The molecule has 2 unspecified atom stereocenters. The molecule has 72 valence electrons. The van der Waals surface area contributed by atoms with E-state index in [1.165, 1.54) is 0 Å². The number of carbonyl (C=O) groups excluding carboxylic acids is 1. The Kier molecular flexibility index (Phi) is 5.40. The van der Waals surface area contributed by atoms with Crippen LogP contribution in [0.5, 0.6) is 0 Å². The molecular formula is C7H16N2O3. The van der Waals surface area contributed by atoms with Crippen molar-refractivity contribution < 1.29 is 15.0 Å². The monoisotopic (exact) mass is 176 g/mol. The SMILES string of the molecule is CC(CO)CC(CO)NC(N)=O. The molecule has 0 aromatic rings. The van der Waals surface area contributed by atoms with Crippen molar-refractivity contribution in [1.29, 1.82) is 0 Å². The molecule has 5 N–H and O–H groups in total. The largest absolute Gasteiger partial charge is 0.396 e. The van der Waals surface area contributed by atoms with Crippen LogP contribution >= 0.6 is 0 Å². The van der Waals surface area contributed by atoms with E-state index in [9.17, 15) is 4.79 Å². The van der Waals surface area contributed by atoms with Crippen molar-refractivity contribution >= 4 is 6.03 Å². The Labute approximate surface area is 71.6 Å². The molecule has 5 nitrogen and oxygen atoms in total. The third-order valence-electron chi connectivity index (χ3n) is 1.57. The lowest BCUT2D eigenvalue weighted by atomic mass is 10.0. The Bertz CT molecular complexity index is 141. The number of aliphatic hydroxyl groups is 2. The predicted molar refractivity (Wildman–Crippen MR) is 44.5 cm³/mol. The first-order valence-electron chi connectivity index (χ1n) is 3.87. The summed E-state index contributed by atoms with van der Waals surface area (Å²) in [4.78, 5) is 10.4. The third kappa shape index (κ3) is 4.92. The second-order valence-electron chi connectivity index (χ2n) is 2.91. The summed E-state index contributed by atoms with van der Waals surface area (Å²) in [5.41, 5.74) is 4.86. The van der Waals surface area contributed by atoms with Gasteiger partial charge in [-0.3, -0.25) is 0 Å². The minimum Gasteiger partial charge on any atom is -0.396 e. The van der Waals surface area contributed by atoms with E-state index in [1.54, 1.807) is 0 Å². The van der Waals surface area contributed by atoms with E-state index < -0.39 is 6.03 Å². The van der Waals surface area contributed by atoms with Gasteiger partial charge >= 0.3 is 6.03 Å². The Morgan fingerprint density at radius 1 is 1.50 bits per heavy atom. The number of aliphatic hydroxyl groups excluding tert-OH is 2. The zero-order valence-corrected chi connectivity index (χ0v) is 7.16. The molecule has 0 saturated carbocycles. The van der Waals surface area contributed by atoms with Crippen LogP contribution in [0.4, 0.5) is 4.79 Å². The smallest absolute Gasteiger partial charge is 0.312 e. The van der Waals surface area contributed by atoms with Crippen LogP contribution in [0.1, 0.15) is 13.3 Å². The van der Waals surface area contributed by atoms with Gasteiger partial charge in [0, 0.05) is 6.61 Å². The Balaban J connectivity index is 3.74. The van der Waals surface area contributed by atoms with Gasteiger partial charge in [0.15, 0.2) is 0 Å². The van der Waals surface area contributed by atoms with E-state index in [2.05, 4.69) is 5.32 Å². The van der Waals surface area contributed by atoms with Crippen molar-refractivity contribution in [3.63, 3.8) is 0 Å². The highest BCUT2D eigenvalue weighted by molar-refractivity contribution is 5.71. The highest BCUT2D eigenvalue weighted by Gasteiger charge is 2.12. The molecule has 0 rings (SSSR count). The van der Waals surface area contributed by atoms with Crippen molar-refractivity contribution in [1.82, 2.24) is 5.32 Å². The second kappa shape index (κ2) is 5.79. The van der Waals surface area contributed by atoms with E-state index in [4.69, 9.17) is 15.9 Å². The lowest BCUT2D eigenvalue weighted by Crippen LogP contribution is -2.42. The predicted octanol–water partition coefficient (Wildman–Crippen LogP) is -0.966. The number of amides is 2. The topological polar surface area (TPSA) is 95.6 Å². The lowest BCUT2D eigenvalue weighted by molar-refractivity contribution is 0.182. The first-order chi connectivity index (χ1) is 5.60. The van der Waals surface area contributed by atoms with Gasteiger partial charge in [-0.1, -0.05) is 6.92 Å². The van der Waals surface area contributed by atoms with E-state index in [0.717, 1.165) is 0 Å². The number of urea groups is 1. The van der Waals surface area contributed by atoms with Crippen LogP contribution in [0, 0.1) is 5.92 Å². The first kappa shape index (κ1) is 11.2. The molecule has 0 aliphatic carbocycles. The van der Waals surface area contributed by atoms with Gasteiger partial charge in [-0.05, 0) is 12.3 Å². The number of hydrogen-bond acceptors (Lipinski definition) is 3. The summed E-state index contributed by atoms with van der Waals surface area (Å²) < 4.78 is 0. The Morgan fingerprint density at radius 2 is 2.08 bits per heavy atom. The van der Waals surface area contributed by atoms with Gasteiger partial charge in [-0.15, -0.1) is 0 Å². The molecule has 5 heteroatoms. The first-order valence-corrected chi connectivity index (χ1v) is 3.87. The molecule has 0 fully saturated rings. The van der Waals surface area contributed by atoms with Crippen LogP contribution in [-0.4, -0.2) is 35.5 Å². The van der Waals surface area contributed by atoms with E-state index in [0.29, 0.717) is 6.42 Å². The summed E-state index contributed by atoms with van der Waals surface area (Å²) >= 11 is 0. The molecule has 0 aliphatic rings. The minimum atomic E-state index is -0.654. The number of hydrogen-bond donors (Lipinski definition) is 4. The van der Waals surface area contributed by atoms with Gasteiger partial charge < -0.3 is 21.3 Å². The Morgan fingerprint density at radius 3 is 2.42 bits per heavy atom. The van der Waals surface area contributed by atoms with Crippen molar-refractivity contribution in [3.05, 3.63) is 0 Å². The fraction of sp³-hybridized carbons (Fsp3) is 0.857. The normalized spacial score (nSPS) is 15.2. The van der Waals surface area contributed by atoms with Crippen molar-refractivity contribution in [2.24, 2.45) is 11.7 Å². The number of nitrogens with one attached hydrogen (secondary N) is 1. The average molecular weight is 176 g/mol. The van der Waals surface area contributed by atoms with Crippen molar-refractivity contribution in [2.45, 2.75) is 19.4 Å². The zero-order chi connectivity index (χ0) is 9.56. The van der Waals surface area contributed by atoms with Crippen LogP contribution < -0.4 is 11.1 Å². The molecule has 0 aromatic heterocycles. The number of rotatable bonds is 5. The highest BCUT2D eigenvalue weighted by Crippen LogP contribution is 2.03. The van der Waals surface area contributed by atoms with Crippen LogP contribution in [0.25, 0.3) is 0 Å². The maximum absolute atomic E-state index is 10.4. The quantitative estimate of drug-likeness (QED) is 0.434. The van der Waals surface area contributed by atoms with Crippen LogP contribution in [0.15, 0.2) is 0 Å². The summed E-state index contributed by atoms with van der Waals surface area (Å²) in [6.45, 7) is 1.70. The van der Waals surface area contributed by atoms with Crippen molar-refractivity contribution in [3.8, 4) is 0 Å². The summed E-state index contributed by atoms with van der Waals surface area (Å²) in [5.74, 6) is 0.0500. The van der Waals surface area contributed by atoms with Gasteiger partial charge in [0.1, 0.15) is 0 Å². The van der Waals surface area contributed by atoms with E-state index >= 15 is 0 Å². The maximum atomic E-state index is 10.4. The summed E-state index contributed by atoms with van der Waals surface area (Å²) in [6.07, 6.45) is 0.524. The van der Waals surface area contributed by atoms with Crippen LogP contribution in [0.3, 0.4) is 0 Å². The molecule has 0 aliphatic heterocycles. The molecule has 0 aromatic carbocycles. The van der Waals surface area contributed by atoms with Crippen LogP contribution in [0.2, 0.25) is 0 Å². The number of carbonyl (C=O) groups is 1. The molecular weight excluding hydrogens is 160 g/mol. The standard InChI is InChI=1S/C7H16N2O3/c1-5(3-10)2-6(4-11)9-7(8)12/h5-6,10-11H,2-4H2,1H3,(H3,8,9,12). The molecule has 2 atom stereocenters. The third-order valence-corrected chi connectivity index (χ3v) is 1.57. The molecule has 0 saturated heterocycles. The second-order valence-corrected chi connectivity index (χ2v) is 2.91. The number of nitrogens with two attached hydrogens (primary N) is 1. The summed E-state index contributed by atoms with van der Waals surface area (Å²) in [6, 6.07) is -1.01. The molecule has 12 heavy (non-hydrogen) atoms. The summed E-state index contributed by atoms with van der Waals surface area (Å²) in [5, 5.41) is 19.8. The molecule has 0 heterocycles. The molecule has 0 bridgehead atoms. The summed E-state index contributed by atoms with van der Waals surface area (Å²) in [7, 11) is 0. The number of primary amides is 1. The fourth-order valence-electron chi connectivity index (χ4n) is 0.941. The minimum absolute atomic E-state index is 0.0386. The van der Waals surface area contributed by atoms with Gasteiger partial charge in [0.25, 0.3) is 0 Å². The average Bonchev–Trinajstić information content (AvgIpc) is 2.02. The Hall–Kier alpha value is -0.810. The lowest BCUT2D eigenvalue weighted by Gasteiger charge is -2.17. The van der Waals surface area contributed by atoms with Gasteiger partial charge in [-0.2, -0.15) is 0 Å². The van der Waals surface area contributed by atoms with Crippen molar-refractivity contribution in [2.75, 3.05) is 13.2 Å². The molecule has 0 spiro atoms. The van der Waals surface area contributed by atoms with Gasteiger partial charge in [-0.25, -0.2) is 4.79 Å². The van der Waals surface area contributed by atoms with Gasteiger partial charge in [0.05, 0.1) is 12.6 Å². The van der Waals surface area contributed by atoms with E-state index in [-0.39, 0.29) is 25.2 Å². The van der Waals surface area contributed by atoms with Gasteiger partial charge in [0.2, 0.25) is 0 Å². The zero-order valence-electron chi connectivity index (χ0n) is 7.16. The van der Waals surface area contributed by atoms with Crippen LogP contribution in [-0.2, 0) is 0 Å². The molecule has 0 radical (unpaired) electrons. The highest BCUT2D eigenvalue weighted by atomic mass is 16.3. The fourth-order valence-corrected chi connectivity index (χ4v) is 0.941. The maximum Gasteiger partial charge on any atom is 0.312 e. The molecule has 2 amide bonds.